The number of benzene rings is 2. The Labute approximate surface area is 161 Å². The zero-order chi connectivity index (χ0) is 19.3. The summed E-state index contributed by atoms with van der Waals surface area (Å²) in [7, 11) is 0. The molecule has 1 saturated heterocycles. The highest BCUT2D eigenvalue weighted by molar-refractivity contribution is 6.05. The van der Waals surface area contributed by atoms with E-state index in [0.29, 0.717) is 29.1 Å². The molecule has 4 aromatic rings. The van der Waals surface area contributed by atoms with Crippen LogP contribution in [0.5, 0.6) is 11.6 Å². The summed E-state index contributed by atoms with van der Waals surface area (Å²) >= 11 is 0. The SMILES string of the molecule is Cc1ccc(/C(=N/O)N2CC2C)c(Oc2ccc3oc4ccccc4c3c2)n1. The highest BCUT2D eigenvalue weighted by Crippen LogP contribution is 2.34. The van der Waals surface area contributed by atoms with Crippen molar-refractivity contribution < 1.29 is 14.4 Å². The molecule has 0 aliphatic carbocycles. The van der Waals surface area contributed by atoms with E-state index in [9.17, 15) is 5.21 Å². The third-order valence-electron chi connectivity index (χ3n) is 5.03. The lowest BCUT2D eigenvalue weighted by Gasteiger charge is -2.13. The van der Waals surface area contributed by atoms with Crippen molar-refractivity contribution in [2.24, 2.45) is 5.16 Å². The van der Waals surface area contributed by atoms with E-state index in [1.165, 1.54) is 0 Å². The van der Waals surface area contributed by atoms with Gasteiger partial charge in [-0.05, 0) is 50.2 Å². The van der Waals surface area contributed by atoms with Gasteiger partial charge in [-0.15, -0.1) is 0 Å². The van der Waals surface area contributed by atoms with Crippen LogP contribution in [-0.2, 0) is 0 Å². The Bertz CT molecular complexity index is 1230. The van der Waals surface area contributed by atoms with Crippen molar-refractivity contribution in [2.45, 2.75) is 19.9 Å². The Morgan fingerprint density at radius 2 is 1.93 bits per heavy atom. The van der Waals surface area contributed by atoms with Crippen LogP contribution in [0.2, 0.25) is 0 Å². The van der Waals surface area contributed by atoms with Gasteiger partial charge >= 0.3 is 0 Å². The van der Waals surface area contributed by atoms with Gasteiger partial charge in [0.1, 0.15) is 16.9 Å². The molecule has 1 aliphatic rings. The minimum atomic E-state index is 0.341. The Kier molecular flexibility index (Phi) is 3.72. The smallest absolute Gasteiger partial charge is 0.230 e. The average Bonchev–Trinajstić information content (AvgIpc) is 3.29. The number of rotatable bonds is 3. The highest BCUT2D eigenvalue weighted by atomic mass is 16.5. The summed E-state index contributed by atoms with van der Waals surface area (Å²) in [5, 5.41) is 15.1. The Morgan fingerprint density at radius 1 is 1.14 bits per heavy atom. The first-order chi connectivity index (χ1) is 13.6. The molecule has 0 bridgehead atoms. The number of fused-ring (bicyclic) bond motifs is 3. The molecule has 2 aromatic heterocycles. The lowest BCUT2D eigenvalue weighted by molar-refractivity contribution is 0.313. The van der Waals surface area contributed by atoms with Crippen molar-refractivity contribution in [1.82, 2.24) is 9.88 Å². The van der Waals surface area contributed by atoms with Gasteiger partial charge in [0.2, 0.25) is 5.88 Å². The number of pyridine rings is 1. The van der Waals surface area contributed by atoms with Crippen LogP contribution in [0.1, 0.15) is 18.2 Å². The molecule has 1 N–H and O–H groups in total. The van der Waals surface area contributed by atoms with Crippen molar-refractivity contribution in [1.29, 1.82) is 0 Å². The second kappa shape index (κ2) is 6.27. The van der Waals surface area contributed by atoms with Crippen LogP contribution in [0.15, 0.2) is 64.2 Å². The van der Waals surface area contributed by atoms with Crippen molar-refractivity contribution in [3.8, 4) is 11.6 Å². The molecule has 0 spiro atoms. The van der Waals surface area contributed by atoms with Gasteiger partial charge in [-0.25, -0.2) is 4.98 Å². The molecule has 2 aromatic carbocycles. The molecule has 6 heteroatoms. The van der Waals surface area contributed by atoms with Gasteiger partial charge in [-0.1, -0.05) is 23.4 Å². The largest absolute Gasteiger partial charge is 0.456 e. The zero-order valence-electron chi connectivity index (χ0n) is 15.6. The molecule has 3 heterocycles. The van der Waals surface area contributed by atoms with Gasteiger partial charge in [-0.2, -0.15) is 0 Å². The summed E-state index contributed by atoms with van der Waals surface area (Å²) in [5.74, 6) is 1.54. The molecule has 1 fully saturated rings. The standard InChI is InChI=1S/C22H19N3O3/c1-13-7-9-17(21(24-26)25-12-14(25)2)22(23-13)27-15-8-10-20-18(11-15)16-5-3-4-6-19(16)28-20/h3-11,14,26H,12H2,1-2H3/b24-21-. The molecule has 1 aliphatic heterocycles. The second-order valence-corrected chi connectivity index (χ2v) is 7.09. The van der Waals surface area contributed by atoms with E-state index in [-0.39, 0.29) is 0 Å². The second-order valence-electron chi connectivity index (χ2n) is 7.09. The van der Waals surface area contributed by atoms with Crippen LogP contribution < -0.4 is 4.74 Å². The number of para-hydroxylation sites is 1. The van der Waals surface area contributed by atoms with Gasteiger partial charge in [0, 0.05) is 29.1 Å². The molecule has 1 atom stereocenters. The average molecular weight is 373 g/mol. The van der Waals surface area contributed by atoms with Gasteiger partial charge in [0.25, 0.3) is 0 Å². The number of hydrogen-bond acceptors (Lipinski definition) is 5. The van der Waals surface area contributed by atoms with Crippen molar-refractivity contribution in [3.63, 3.8) is 0 Å². The Balaban J connectivity index is 1.57. The molecule has 140 valence electrons. The Morgan fingerprint density at radius 3 is 2.71 bits per heavy atom. The zero-order valence-corrected chi connectivity index (χ0v) is 15.6. The minimum Gasteiger partial charge on any atom is -0.456 e. The fourth-order valence-electron chi connectivity index (χ4n) is 3.46. The third kappa shape index (κ3) is 2.74. The van der Waals surface area contributed by atoms with E-state index in [4.69, 9.17) is 9.15 Å². The summed E-state index contributed by atoms with van der Waals surface area (Å²) in [5.41, 5.74) is 3.13. The number of oxime groups is 1. The van der Waals surface area contributed by atoms with Crippen LogP contribution >= 0.6 is 0 Å². The lowest BCUT2D eigenvalue weighted by Crippen LogP contribution is -2.16. The molecule has 0 saturated carbocycles. The van der Waals surface area contributed by atoms with Gasteiger partial charge in [0.05, 0.1) is 5.56 Å². The number of ether oxygens (including phenoxy) is 1. The van der Waals surface area contributed by atoms with Crippen LogP contribution in [-0.4, -0.2) is 33.5 Å². The fraction of sp³-hybridized carbons (Fsp3) is 0.182. The molecule has 0 amide bonds. The predicted molar refractivity (Wildman–Crippen MR) is 107 cm³/mol. The summed E-state index contributed by atoms with van der Waals surface area (Å²) in [6.45, 7) is 4.82. The molecule has 5 rings (SSSR count). The van der Waals surface area contributed by atoms with Crippen molar-refractivity contribution in [2.75, 3.05) is 6.54 Å². The number of furan rings is 1. The molecule has 28 heavy (non-hydrogen) atoms. The molecular weight excluding hydrogens is 354 g/mol. The molecule has 0 radical (unpaired) electrons. The summed E-state index contributed by atoms with van der Waals surface area (Å²) in [6, 6.07) is 17.7. The van der Waals surface area contributed by atoms with Crippen LogP contribution in [0.3, 0.4) is 0 Å². The minimum absolute atomic E-state index is 0.341. The predicted octanol–water partition coefficient (Wildman–Crippen LogP) is 4.92. The summed E-state index contributed by atoms with van der Waals surface area (Å²) in [4.78, 5) is 6.53. The first-order valence-corrected chi connectivity index (χ1v) is 9.20. The maximum absolute atomic E-state index is 9.55. The van der Waals surface area contributed by atoms with E-state index >= 15 is 0 Å². The quantitative estimate of drug-likeness (QED) is 0.181. The van der Waals surface area contributed by atoms with E-state index in [2.05, 4.69) is 17.1 Å². The summed E-state index contributed by atoms with van der Waals surface area (Å²) < 4.78 is 12.0. The van der Waals surface area contributed by atoms with Gasteiger partial charge in [-0.3, -0.25) is 0 Å². The van der Waals surface area contributed by atoms with E-state index in [1.54, 1.807) is 0 Å². The molecular formula is C22H19N3O3. The van der Waals surface area contributed by atoms with E-state index in [1.807, 2.05) is 66.4 Å². The van der Waals surface area contributed by atoms with E-state index < -0.39 is 0 Å². The highest BCUT2D eigenvalue weighted by Gasteiger charge is 2.35. The number of aromatic nitrogens is 1. The van der Waals surface area contributed by atoms with Gasteiger partial charge in [0.15, 0.2) is 5.84 Å². The first kappa shape index (κ1) is 16.6. The Hall–Kier alpha value is -3.54. The van der Waals surface area contributed by atoms with Crippen LogP contribution in [0, 0.1) is 6.92 Å². The van der Waals surface area contributed by atoms with Crippen molar-refractivity contribution >= 4 is 27.8 Å². The number of amidine groups is 1. The summed E-state index contributed by atoms with van der Waals surface area (Å²) in [6.07, 6.45) is 0. The number of hydrogen-bond donors (Lipinski definition) is 1. The number of aryl methyl sites for hydroxylation is 1. The van der Waals surface area contributed by atoms with Crippen LogP contribution in [0.25, 0.3) is 21.9 Å². The van der Waals surface area contributed by atoms with E-state index in [0.717, 1.165) is 34.2 Å². The third-order valence-corrected chi connectivity index (χ3v) is 5.03. The van der Waals surface area contributed by atoms with Crippen LogP contribution in [0.4, 0.5) is 0 Å². The lowest BCUT2D eigenvalue weighted by atomic mass is 10.1. The monoisotopic (exact) mass is 373 g/mol. The topological polar surface area (TPSA) is 70.9 Å². The first-order valence-electron chi connectivity index (χ1n) is 9.20. The number of nitrogens with zero attached hydrogens (tertiary/aromatic N) is 3. The molecule has 6 nitrogen and oxygen atoms in total. The normalized spacial score (nSPS) is 16.7. The fourth-order valence-corrected chi connectivity index (χ4v) is 3.46. The maximum atomic E-state index is 9.55. The van der Waals surface area contributed by atoms with Gasteiger partial charge < -0.3 is 19.3 Å². The maximum Gasteiger partial charge on any atom is 0.230 e. The molecule has 1 unspecified atom stereocenters. The van der Waals surface area contributed by atoms with Crippen molar-refractivity contribution in [3.05, 3.63) is 65.9 Å².